The normalized spacial score (nSPS) is 30.7. The minimum Gasteiger partial charge on any atom is -0.330 e. The Kier molecular flexibility index (Phi) is 3.63. The smallest absolute Gasteiger partial charge is 0.330 e. The van der Waals surface area contributed by atoms with Crippen molar-refractivity contribution in [1.29, 1.82) is 0 Å². The van der Waals surface area contributed by atoms with E-state index in [9.17, 15) is 4.57 Å². The van der Waals surface area contributed by atoms with Crippen molar-refractivity contribution in [3.63, 3.8) is 0 Å². The van der Waals surface area contributed by atoms with Crippen LogP contribution in [0.25, 0.3) is 0 Å². The van der Waals surface area contributed by atoms with E-state index in [1.54, 1.807) is 0 Å². The van der Waals surface area contributed by atoms with Gasteiger partial charge >= 0.3 is 7.82 Å². The van der Waals surface area contributed by atoms with Gasteiger partial charge in [-0.05, 0) is 24.7 Å². The molecule has 0 aliphatic heterocycles. The highest BCUT2D eigenvalue weighted by Gasteiger charge is 2.43. The zero-order chi connectivity index (χ0) is 11.7. The molecule has 90 valence electrons. The van der Waals surface area contributed by atoms with Gasteiger partial charge in [-0.25, -0.2) is 4.57 Å². The molecule has 1 aliphatic rings. The molecule has 0 aromatic rings. The van der Waals surface area contributed by atoms with Crippen LogP contribution in [0.5, 0.6) is 0 Å². The summed E-state index contributed by atoms with van der Waals surface area (Å²) in [6.07, 6.45) is 2.75. The largest absolute Gasteiger partial charge is 0.469 e. The van der Waals surface area contributed by atoms with Gasteiger partial charge in [0.2, 0.25) is 0 Å². The monoisotopic (exact) mass is 237 g/mol. The molecule has 5 nitrogen and oxygen atoms in total. The highest BCUT2D eigenvalue weighted by atomic mass is 31.2. The van der Waals surface area contributed by atoms with Crippen LogP contribution in [0.4, 0.5) is 0 Å². The van der Waals surface area contributed by atoms with E-state index in [1.165, 1.54) is 0 Å². The van der Waals surface area contributed by atoms with Gasteiger partial charge in [0.25, 0.3) is 0 Å². The van der Waals surface area contributed by atoms with Crippen molar-refractivity contribution in [2.45, 2.75) is 33.1 Å². The standard InChI is InChI=1S/C9H20NO4P/c1-8(2)3-4-9(5-8,6-10)7-14-15(11,12)13/h3-7,10H2,1-2H3,(H2,11,12,13)/t9-/m0/s1. The molecule has 1 fully saturated rings. The fourth-order valence-corrected chi connectivity index (χ4v) is 2.81. The molecule has 0 aromatic heterocycles. The molecule has 0 amide bonds. The Morgan fingerprint density at radius 2 is 2.00 bits per heavy atom. The van der Waals surface area contributed by atoms with Crippen molar-refractivity contribution in [1.82, 2.24) is 0 Å². The fraction of sp³-hybridized carbons (Fsp3) is 1.00. The summed E-state index contributed by atoms with van der Waals surface area (Å²) in [6, 6.07) is 0. The van der Waals surface area contributed by atoms with E-state index in [0.717, 1.165) is 19.3 Å². The SMILES string of the molecule is CC1(C)CC[C@](CN)(COP(=O)(O)O)C1. The van der Waals surface area contributed by atoms with E-state index in [4.69, 9.17) is 15.5 Å². The maximum absolute atomic E-state index is 10.6. The van der Waals surface area contributed by atoms with Crippen LogP contribution in [0, 0.1) is 10.8 Å². The highest BCUT2D eigenvalue weighted by molar-refractivity contribution is 7.46. The maximum atomic E-state index is 10.6. The molecule has 6 heteroatoms. The Balaban J connectivity index is 2.60. The first-order chi connectivity index (χ1) is 6.68. The summed E-state index contributed by atoms with van der Waals surface area (Å²) >= 11 is 0. The van der Waals surface area contributed by atoms with Crippen molar-refractivity contribution in [2.24, 2.45) is 16.6 Å². The zero-order valence-corrected chi connectivity index (χ0v) is 10.2. The first-order valence-electron chi connectivity index (χ1n) is 5.08. The minimum absolute atomic E-state index is 0.0528. The van der Waals surface area contributed by atoms with Crippen molar-refractivity contribution < 1.29 is 18.9 Å². The van der Waals surface area contributed by atoms with Crippen LogP contribution in [0.2, 0.25) is 0 Å². The quantitative estimate of drug-likeness (QED) is 0.640. The minimum atomic E-state index is -4.37. The van der Waals surface area contributed by atoms with Crippen LogP contribution in [0.15, 0.2) is 0 Å². The highest BCUT2D eigenvalue weighted by Crippen LogP contribution is 2.50. The van der Waals surface area contributed by atoms with E-state index in [1.807, 2.05) is 0 Å². The van der Waals surface area contributed by atoms with Crippen LogP contribution in [-0.4, -0.2) is 22.9 Å². The third-order valence-electron chi connectivity index (χ3n) is 3.16. The lowest BCUT2D eigenvalue weighted by Crippen LogP contribution is -2.33. The molecule has 0 radical (unpaired) electrons. The van der Waals surface area contributed by atoms with Crippen LogP contribution in [0.3, 0.4) is 0 Å². The summed E-state index contributed by atoms with van der Waals surface area (Å²) < 4.78 is 15.2. The molecule has 0 saturated heterocycles. The number of phosphoric ester groups is 1. The van der Waals surface area contributed by atoms with Gasteiger partial charge in [0.15, 0.2) is 0 Å². The Morgan fingerprint density at radius 3 is 2.33 bits per heavy atom. The first kappa shape index (κ1) is 13.1. The summed E-state index contributed by atoms with van der Waals surface area (Å²) in [6.45, 7) is 4.75. The molecule has 0 unspecified atom stereocenters. The van der Waals surface area contributed by atoms with Crippen LogP contribution in [-0.2, 0) is 9.09 Å². The van der Waals surface area contributed by atoms with Crippen molar-refractivity contribution in [2.75, 3.05) is 13.2 Å². The Hall–Kier alpha value is 0.0700. The predicted octanol–water partition coefficient (Wildman–Crippen LogP) is 1.25. The Labute approximate surface area is 90.2 Å². The number of nitrogens with two attached hydrogens (primary N) is 1. The van der Waals surface area contributed by atoms with Gasteiger partial charge in [0.1, 0.15) is 0 Å². The van der Waals surface area contributed by atoms with Crippen molar-refractivity contribution in [3.8, 4) is 0 Å². The van der Waals surface area contributed by atoms with E-state index >= 15 is 0 Å². The molecule has 0 spiro atoms. The number of rotatable bonds is 4. The zero-order valence-electron chi connectivity index (χ0n) is 9.27. The second-order valence-electron chi connectivity index (χ2n) is 5.31. The third kappa shape index (κ3) is 3.85. The van der Waals surface area contributed by atoms with Gasteiger partial charge < -0.3 is 15.5 Å². The Morgan fingerprint density at radius 1 is 1.40 bits per heavy atom. The molecule has 1 saturated carbocycles. The van der Waals surface area contributed by atoms with E-state index in [-0.39, 0.29) is 17.4 Å². The van der Waals surface area contributed by atoms with Crippen molar-refractivity contribution in [3.05, 3.63) is 0 Å². The van der Waals surface area contributed by atoms with Gasteiger partial charge in [0.05, 0.1) is 6.61 Å². The summed E-state index contributed by atoms with van der Waals surface area (Å²) in [7, 11) is -4.37. The molecule has 4 N–H and O–H groups in total. The second-order valence-corrected chi connectivity index (χ2v) is 6.55. The molecule has 1 aliphatic carbocycles. The summed E-state index contributed by atoms with van der Waals surface area (Å²) in [5.41, 5.74) is 5.62. The summed E-state index contributed by atoms with van der Waals surface area (Å²) in [5.74, 6) is 0. The molecule has 1 atom stereocenters. The molecule has 15 heavy (non-hydrogen) atoms. The summed E-state index contributed by atoms with van der Waals surface area (Å²) in [5, 5.41) is 0. The molecule has 0 heterocycles. The summed E-state index contributed by atoms with van der Waals surface area (Å²) in [4.78, 5) is 17.3. The van der Waals surface area contributed by atoms with Gasteiger partial charge in [-0.3, -0.25) is 4.52 Å². The lowest BCUT2D eigenvalue weighted by Gasteiger charge is -2.29. The lowest BCUT2D eigenvalue weighted by atomic mass is 9.82. The maximum Gasteiger partial charge on any atom is 0.469 e. The number of hydrogen-bond acceptors (Lipinski definition) is 3. The topological polar surface area (TPSA) is 92.8 Å². The van der Waals surface area contributed by atoms with E-state index < -0.39 is 7.82 Å². The fourth-order valence-electron chi connectivity index (χ4n) is 2.37. The van der Waals surface area contributed by atoms with Crippen LogP contribution >= 0.6 is 7.82 Å². The average molecular weight is 237 g/mol. The molecular formula is C9H20NO4P. The van der Waals surface area contributed by atoms with E-state index in [2.05, 4.69) is 18.4 Å². The van der Waals surface area contributed by atoms with Crippen LogP contribution < -0.4 is 5.73 Å². The Bertz CT molecular complexity index is 275. The first-order valence-corrected chi connectivity index (χ1v) is 6.61. The van der Waals surface area contributed by atoms with E-state index in [0.29, 0.717) is 6.54 Å². The van der Waals surface area contributed by atoms with Crippen LogP contribution in [0.1, 0.15) is 33.1 Å². The van der Waals surface area contributed by atoms with Gasteiger partial charge in [0, 0.05) is 12.0 Å². The predicted molar refractivity (Wildman–Crippen MR) is 57.1 cm³/mol. The molecule has 0 aromatic carbocycles. The number of hydrogen-bond donors (Lipinski definition) is 3. The average Bonchev–Trinajstić information content (AvgIpc) is 2.39. The number of phosphoric acid groups is 1. The molecular weight excluding hydrogens is 217 g/mol. The lowest BCUT2D eigenvalue weighted by molar-refractivity contribution is 0.106. The second kappa shape index (κ2) is 4.15. The molecule has 1 rings (SSSR count). The third-order valence-corrected chi connectivity index (χ3v) is 3.62. The van der Waals surface area contributed by atoms with Gasteiger partial charge in [-0.15, -0.1) is 0 Å². The molecule has 0 bridgehead atoms. The van der Waals surface area contributed by atoms with Gasteiger partial charge in [-0.2, -0.15) is 0 Å². The van der Waals surface area contributed by atoms with Gasteiger partial charge in [-0.1, -0.05) is 13.8 Å². The van der Waals surface area contributed by atoms with Crippen molar-refractivity contribution >= 4 is 7.82 Å².